The summed E-state index contributed by atoms with van der Waals surface area (Å²) in [7, 11) is 0. The van der Waals surface area contributed by atoms with E-state index in [0.29, 0.717) is 17.3 Å². The highest BCUT2D eigenvalue weighted by atomic mass is 15.3. The first-order chi connectivity index (χ1) is 10.1. The van der Waals surface area contributed by atoms with Crippen molar-refractivity contribution < 1.29 is 0 Å². The second-order valence-corrected chi connectivity index (χ2v) is 5.70. The molecule has 21 heavy (non-hydrogen) atoms. The fourth-order valence-corrected chi connectivity index (χ4v) is 2.45. The molecule has 4 N–H and O–H groups in total. The molecule has 1 aliphatic rings. The molecule has 0 saturated carbocycles. The Hall–Kier alpha value is -2.31. The third kappa shape index (κ3) is 3.07. The second kappa shape index (κ2) is 5.59. The van der Waals surface area contributed by atoms with Crippen LogP contribution in [0.1, 0.15) is 25.5 Å². The van der Waals surface area contributed by atoms with Crippen LogP contribution < -0.4 is 16.0 Å². The summed E-state index contributed by atoms with van der Waals surface area (Å²) < 4.78 is 0. The van der Waals surface area contributed by atoms with Crippen molar-refractivity contribution in [3.63, 3.8) is 0 Å². The van der Waals surface area contributed by atoms with Crippen molar-refractivity contribution in [1.82, 2.24) is 20.2 Å². The van der Waals surface area contributed by atoms with Crippen molar-refractivity contribution in [2.45, 2.75) is 26.7 Å². The molecule has 0 radical (unpaired) electrons. The van der Waals surface area contributed by atoms with Gasteiger partial charge in [0, 0.05) is 24.8 Å². The van der Waals surface area contributed by atoms with Gasteiger partial charge in [-0.15, -0.1) is 0 Å². The summed E-state index contributed by atoms with van der Waals surface area (Å²) in [4.78, 5) is 11.1. The van der Waals surface area contributed by atoms with E-state index in [9.17, 15) is 0 Å². The lowest BCUT2D eigenvalue weighted by Gasteiger charge is -2.30. The highest BCUT2D eigenvalue weighted by Gasteiger charge is 2.19. The third-order valence-electron chi connectivity index (χ3n) is 3.82. The molecular formula is C14H21N7. The molecule has 3 rings (SSSR count). The molecule has 1 saturated heterocycles. The molecule has 0 amide bonds. The smallest absolute Gasteiger partial charge is 0.227 e. The molecule has 0 aromatic carbocycles. The van der Waals surface area contributed by atoms with Gasteiger partial charge in [-0.25, -0.2) is 4.98 Å². The van der Waals surface area contributed by atoms with Crippen molar-refractivity contribution in [3.8, 4) is 0 Å². The molecule has 2 aromatic rings. The maximum absolute atomic E-state index is 5.95. The van der Waals surface area contributed by atoms with Crippen molar-refractivity contribution >= 4 is 23.3 Å². The van der Waals surface area contributed by atoms with Gasteiger partial charge in [0.2, 0.25) is 5.95 Å². The summed E-state index contributed by atoms with van der Waals surface area (Å²) >= 11 is 0. The molecule has 1 fully saturated rings. The van der Waals surface area contributed by atoms with E-state index in [1.807, 2.05) is 13.0 Å². The Morgan fingerprint density at radius 3 is 2.81 bits per heavy atom. The van der Waals surface area contributed by atoms with Crippen LogP contribution in [0.3, 0.4) is 0 Å². The number of H-pyrrole nitrogens is 1. The maximum Gasteiger partial charge on any atom is 0.227 e. The number of nitrogens with two attached hydrogens (primary N) is 1. The molecule has 0 atom stereocenters. The van der Waals surface area contributed by atoms with Crippen LogP contribution >= 0.6 is 0 Å². The summed E-state index contributed by atoms with van der Waals surface area (Å²) in [5, 5.41) is 10.2. The lowest BCUT2D eigenvalue weighted by molar-refractivity contribution is 0.434. The summed E-state index contributed by atoms with van der Waals surface area (Å²) in [5.41, 5.74) is 7.45. The summed E-state index contributed by atoms with van der Waals surface area (Å²) in [6.07, 6.45) is 4.01. The van der Waals surface area contributed by atoms with E-state index in [-0.39, 0.29) is 0 Å². The van der Waals surface area contributed by atoms with Gasteiger partial charge in [-0.3, -0.25) is 5.10 Å². The maximum atomic E-state index is 5.95. The Bertz CT molecular complexity index is 614. The fourth-order valence-electron chi connectivity index (χ4n) is 2.45. The van der Waals surface area contributed by atoms with E-state index in [2.05, 4.69) is 37.3 Å². The Balaban J connectivity index is 1.79. The van der Waals surface area contributed by atoms with Crippen LogP contribution in [0.2, 0.25) is 0 Å². The van der Waals surface area contributed by atoms with Crippen LogP contribution in [0.4, 0.5) is 23.3 Å². The average molecular weight is 287 g/mol. The molecule has 0 aliphatic carbocycles. The van der Waals surface area contributed by atoms with Gasteiger partial charge >= 0.3 is 0 Å². The van der Waals surface area contributed by atoms with Crippen molar-refractivity contribution in [2.24, 2.45) is 5.92 Å². The van der Waals surface area contributed by atoms with Crippen LogP contribution in [0.25, 0.3) is 0 Å². The van der Waals surface area contributed by atoms with Crippen LogP contribution in [0.15, 0.2) is 12.3 Å². The number of hydrogen-bond acceptors (Lipinski definition) is 6. The third-order valence-corrected chi connectivity index (χ3v) is 3.82. The lowest BCUT2D eigenvalue weighted by Crippen LogP contribution is -2.34. The first-order valence-electron chi connectivity index (χ1n) is 7.28. The summed E-state index contributed by atoms with van der Waals surface area (Å²) in [6, 6.07) is 1.91. The SMILES string of the molecule is Cc1cc(Nc2nc(N3CCC(C)CC3)ncc2N)n[nH]1. The van der Waals surface area contributed by atoms with E-state index < -0.39 is 0 Å². The number of nitrogens with zero attached hydrogens (tertiary/aromatic N) is 4. The van der Waals surface area contributed by atoms with Gasteiger partial charge in [0.1, 0.15) is 0 Å². The summed E-state index contributed by atoms with van der Waals surface area (Å²) in [6.45, 7) is 6.22. The predicted molar refractivity (Wildman–Crippen MR) is 83.7 cm³/mol. The van der Waals surface area contributed by atoms with Crippen LogP contribution in [0, 0.1) is 12.8 Å². The van der Waals surface area contributed by atoms with Gasteiger partial charge in [0.15, 0.2) is 11.6 Å². The molecule has 0 unspecified atom stereocenters. The van der Waals surface area contributed by atoms with Gasteiger partial charge in [0.05, 0.1) is 11.9 Å². The van der Waals surface area contributed by atoms with Gasteiger partial charge in [-0.2, -0.15) is 10.1 Å². The first-order valence-corrected chi connectivity index (χ1v) is 7.28. The van der Waals surface area contributed by atoms with E-state index in [1.165, 1.54) is 12.8 Å². The van der Waals surface area contributed by atoms with E-state index >= 15 is 0 Å². The number of nitrogens with one attached hydrogen (secondary N) is 2. The number of rotatable bonds is 3. The second-order valence-electron chi connectivity index (χ2n) is 5.70. The normalized spacial score (nSPS) is 16.2. The number of nitrogen functional groups attached to an aromatic ring is 1. The number of aromatic amines is 1. The average Bonchev–Trinajstić information content (AvgIpc) is 2.88. The number of aryl methyl sites for hydroxylation is 1. The molecule has 0 bridgehead atoms. The Morgan fingerprint density at radius 2 is 2.14 bits per heavy atom. The Kier molecular flexibility index (Phi) is 3.64. The zero-order valence-electron chi connectivity index (χ0n) is 12.4. The topological polar surface area (TPSA) is 95.8 Å². The zero-order valence-corrected chi connectivity index (χ0v) is 12.4. The van der Waals surface area contributed by atoms with Gasteiger partial charge in [0.25, 0.3) is 0 Å². The highest BCUT2D eigenvalue weighted by molar-refractivity contribution is 5.67. The number of piperidine rings is 1. The Morgan fingerprint density at radius 1 is 1.38 bits per heavy atom. The van der Waals surface area contributed by atoms with Crippen LogP contribution in [-0.2, 0) is 0 Å². The van der Waals surface area contributed by atoms with E-state index in [1.54, 1.807) is 6.20 Å². The molecule has 0 spiro atoms. The van der Waals surface area contributed by atoms with Crippen molar-refractivity contribution in [1.29, 1.82) is 0 Å². The van der Waals surface area contributed by atoms with Gasteiger partial charge < -0.3 is 16.0 Å². The molecule has 112 valence electrons. The standard InChI is InChI=1S/C14H21N7/c1-9-3-5-21(6-4-9)14-16-8-11(15)13(18-14)17-12-7-10(2)19-20-12/h7-9H,3-6,15H2,1-2H3,(H2,16,17,18,19,20). The van der Waals surface area contributed by atoms with Crippen LogP contribution in [0.5, 0.6) is 0 Å². The number of anilines is 4. The molecule has 2 aromatic heterocycles. The van der Waals surface area contributed by atoms with Gasteiger partial charge in [-0.1, -0.05) is 6.92 Å². The molecule has 1 aliphatic heterocycles. The molecule has 3 heterocycles. The minimum absolute atomic E-state index is 0.518. The largest absolute Gasteiger partial charge is 0.394 e. The van der Waals surface area contributed by atoms with E-state index in [4.69, 9.17) is 5.73 Å². The number of hydrogen-bond donors (Lipinski definition) is 3. The minimum Gasteiger partial charge on any atom is -0.394 e. The quantitative estimate of drug-likeness (QED) is 0.800. The minimum atomic E-state index is 0.518. The number of aromatic nitrogens is 4. The Labute approximate surface area is 124 Å². The molecular weight excluding hydrogens is 266 g/mol. The van der Waals surface area contributed by atoms with Crippen molar-refractivity contribution in [3.05, 3.63) is 18.0 Å². The van der Waals surface area contributed by atoms with Crippen molar-refractivity contribution in [2.75, 3.05) is 29.0 Å². The van der Waals surface area contributed by atoms with Crippen LogP contribution in [-0.4, -0.2) is 33.3 Å². The summed E-state index contributed by atoms with van der Waals surface area (Å²) in [5.74, 6) is 2.81. The lowest BCUT2D eigenvalue weighted by atomic mass is 10.00. The van der Waals surface area contributed by atoms with E-state index in [0.717, 1.165) is 30.6 Å². The zero-order chi connectivity index (χ0) is 14.8. The first kappa shape index (κ1) is 13.7. The highest BCUT2D eigenvalue weighted by Crippen LogP contribution is 2.24. The fraction of sp³-hybridized carbons (Fsp3) is 0.500. The molecule has 7 heteroatoms. The predicted octanol–water partition coefficient (Wildman–Crippen LogP) is 2.07. The van der Waals surface area contributed by atoms with Gasteiger partial charge in [-0.05, 0) is 25.7 Å². The molecule has 7 nitrogen and oxygen atoms in total. The monoisotopic (exact) mass is 287 g/mol.